The van der Waals surface area contributed by atoms with Crippen LogP contribution in [-0.2, 0) is 0 Å². The van der Waals surface area contributed by atoms with Gasteiger partial charge in [-0.15, -0.1) is 0 Å². The predicted molar refractivity (Wildman–Crippen MR) is 76.1 cm³/mol. The average molecular weight is 279 g/mol. The van der Waals surface area contributed by atoms with E-state index < -0.39 is 11.9 Å². The predicted octanol–water partition coefficient (Wildman–Crippen LogP) is 4.49. The Kier molecular flexibility index (Phi) is 3.93. The molecule has 100 valence electrons. The molecule has 0 bridgehead atoms. The van der Waals surface area contributed by atoms with Crippen LogP contribution in [0.5, 0.6) is 0 Å². The first-order chi connectivity index (χ1) is 8.90. The van der Waals surface area contributed by atoms with Gasteiger partial charge in [-0.1, -0.05) is 29.8 Å². The van der Waals surface area contributed by atoms with Gasteiger partial charge in [0.2, 0.25) is 0 Å². The standard InChI is InChI=1S/C16H16ClFO/c1-9-4-5-12(13(17)7-9)16(19)15-11(3)6-10(2)8-14(15)18/h4-8,16,19H,1-3H3. The van der Waals surface area contributed by atoms with Crippen molar-refractivity contribution in [2.75, 3.05) is 0 Å². The van der Waals surface area contributed by atoms with Crippen molar-refractivity contribution in [1.29, 1.82) is 0 Å². The van der Waals surface area contributed by atoms with E-state index in [-0.39, 0.29) is 5.56 Å². The van der Waals surface area contributed by atoms with Crippen LogP contribution in [-0.4, -0.2) is 5.11 Å². The minimum atomic E-state index is -1.05. The van der Waals surface area contributed by atoms with Crippen molar-refractivity contribution >= 4 is 11.6 Å². The third kappa shape index (κ3) is 2.80. The summed E-state index contributed by atoms with van der Waals surface area (Å²) in [6, 6.07) is 8.63. The first-order valence-electron chi connectivity index (χ1n) is 6.11. The lowest BCUT2D eigenvalue weighted by Gasteiger charge is -2.17. The maximum Gasteiger partial charge on any atom is 0.129 e. The van der Waals surface area contributed by atoms with Gasteiger partial charge in [-0.2, -0.15) is 0 Å². The summed E-state index contributed by atoms with van der Waals surface area (Å²) in [4.78, 5) is 0. The van der Waals surface area contributed by atoms with Crippen molar-refractivity contribution in [1.82, 2.24) is 0 Å². The number of aryl methyl sites for hydroxylation is 3. The second-order valence-electron chi connectivity index (χ2n) is 4.90. The van der Waals surface area contributed by atoms with E-state index >= 15 is 0 Å². The number of hydrogen-bond donors (Lipinski definition) is 1. The fraction of sp³-hybridized carbons (Fsp3) is 0.250. The third-order valence-electron chi connectivity index (χ3n) is 3.20. The van der Waals surface area contributed by atoms with Crippen molar-refractivity contribution in [3.63, 3.8) is 0 Å². The minimum Gasteiger partial charge on any atom is -0.383 e. The number of benzene rings is 2. The summed E-state index contributed by atoms with van der Waals surface area (Å²) in [5.41, 5.74) is 3.37. The van der Waals surface area contributed by atoms with Crippen LogP contribution in [0.4, 0.5) is 4.39 Å². The molecule has 2 aromatic rings. The minimum absolute atomic E-state index is 0.288. The molecule has 0 aromatic heterocycles. The number of rotatable bonds is 2. The molecule has 1 nitrogen and oxygen atoms in total. The van der Waals surface area contributed by atoms with Crippen LogP contribution in [0.3, 0.4) is 0 Å². The Morgan fingerprint density at radius 1 is 1.05 bits per heavy atom. The molecule has 0 aliphatic heterocycles. The molecule has 0 aliphatic rings. The lowest BCUT2D eigenvalue weighted by Crippen LogP contribution is -2.06. The van der Waals surface area contributed by atoms with Gasteiger partial charge in [-0.05, 0) is 49.6 Å². The van der Waals surface area contributed by atoms with Gasteiger partial charge < -0.3 is 5.11 Å². The van der Waals surface area contributed by atoms with Crippen LogP contribution in [0.25, 0.3) is 0 Å². The molecule has 1 N–H and O–H groups in total. The molecule has 2 aromatic carbocycles. The lowest BCUT2D eigenvalue weighted by molar-refractivity contribution is 0.214. The average Bonchev–Trinajstić information content (AvgIpc) is 2.26. The number of aliphatic hydroxyl groups is 1. The number of aliphatic hydroxyl groups excluding tert-OH is 1. The monoisotopic (exact) mass is 278 g/mol. The largest absolute Gasteiger partial charge is 0.383 e. The molecule has 1 atom stereocenters. The topological polar surface area (TPSA) is 20.2 Å². The summed E-state index contributed by atoms with van der Waals surface area (Å²) in [6.07, 6.45) is -1.05. The van der Waals surface area contributed by atoms with Crippen molar-refractivity contribution in [3.8, 4) is 0 Å². The Bertz CT molecular complexity index is 599. The third-order valence-corrected chi connectivity index (χ3v) is 3.53. The van der Waals surface area contributed by atoms with E-state index in [2.05, 4.69) is 0 Å². The van der Waals surface area contributed by atoms with E-state index in [1.54, 1.807) is 19.1 Å². The summed E-state index contributed by atoms with van der Waals surface area (Å²) in [5.74, 6) is -0.401. The van der Waals surface area contributed by atoms with E-state index in [1.807, 2.05) is 26.0 Å². The lowest BCUT2D eigenvalue weighted by atomic mass is 9.95. The zero-order valence-corrected chi connectivity index (χ0v) is 11.9. The van der Waals surface area contributed by atoms with Crippen molar-refractivity contribution in [2.45, 2.75) is 26.9 Å². The van der Waals surface area contributed by atoms with Crippen LogP contribution < -0.4 is 0 Å². The molecular formula is C16H16ClFO. The molecule has 0 spiro atoms. The Hall–Kier alpha value is -1.38. The molecule has 0 fully saturated rings. The molecule has 0 amide bonds. The summed E-state index contributed by atoms with van der Waals surface area (Å²) in [5, 5.41) is 10.8. The molecule has 0 saturated carbocycles. The van der Waals surface area contributed by atoms with E-state index in [1.165, 1.54) is 6.07 Å². The highest BCUT2D eigenvalue weighted by atomic mass is 35.5. The SMILES string of the molecule is Cc1cc(C)c(C(O)c2ccc(C)cc2Cl)c(F)c1. The van der Waals surface area contributed by atoms with Gasteiger partial charge in [0.15, 0.2) is 0 Å². The van der Waals surface area contributed by atoms with Crippen LogP contribution in [0.1, 0.15) is 33.9 Å². The van der Waals surface area contributed by atoms with Gasteiger partial charge in [0, 0.05) is 16.1 Å². The van der Waals surface area contributed by atoms with Crippen LogP contribution in [0, 0.1) is 26.6 Å². The molecule has 0 heterocycles. The smallest absolute Gasteiger partial charge is 0.129 e. The van der Waals surface area contributed by atoms with E-state index in [0.717, 1.165) is 16.7 Å². The highest BCUT2D eigenvalue weighted by Crippen LogP contribution is 2.32. The highest BCUT2D eigenvalue weighted by molar-refractivity contribution is 6.31. The molecule has 0 aliphatic carbocycles. The fourth-order valence-corrected chi connectivity index (χ4v) is 2.62. The molecule has 3 heteroatoms. The quantitative estimate of drug-likeness (QED) is 0.858. The molecule has 0 radical (unpaired) electrons. The van der Waals surface area contributed by atoms with Gasteiger partial charge in [0.25, 0.3) is 0 Å². The van der Waals surface area contributed by atoms with Crippen molar-refractivity contribution in [3.05, 3.63) is 69.0 Å². The maximum absolute atomic E-state index is 14.1. The highest BCUT2D eigenvalue weighted by Gasteiger charge is 2.20. The van der Waals surface area contributed by atoms with Gasteiger partial charge in [0.05, 0.1) is 0 Å². The van der Waals surface area contributed by atoms with Crippen LogP contribution >= 0.6 is 11.6 Å². The first kappa shape index (κ1) is 14.0. The van der Waals surface area contributed by atoms with Gasteiger partial charge >= 0.3 is 0 Å². The Morgan fingerprint density at radius 2 is 1.74 bits per heavy atom. The van der Waals surface area contributed by atoms with Gasteiger partial charge in [-0.25, -0.2) is 4.39 Å². The molecule has 0 saturated heterocycles. The molecule has 19 heavy (non-hydrogen) atoms. The number of hydrogen-bond acceptors (Lipinski definition) is 1. The molecular weight excluding hydrogens is 263 g/mol. The summed E-state index contributed by atoms with van der Waals surface area (Å²) in [6.45, 7) is 5.53. The Balaban J connectivity index is 2.53. The van der Waals surface area contributed by atoms with Crippen molar-refractivity contribution in [2.24, 2.45) is 0 Å². The summed E-state index contributed by atoms with van der Waals surface area (Å²) in [7, 11) is 0. The Labute approximate surface area is 117 Å². The molecule has 2 rings (SSSR count). The normalized spacial score (nSPS) is 12.5. The Morgan fingerprint density at radius 3 is 2.32 bits per heavy atom. The zero-order chi connectivity index (χ0) is 14.2. The van der Waals surface area contributed by atoms with Crippen LogP contribution in [0.15, 0.2) is 30.3 Å². The maximum atomic E-state index is 14.1. The van der Waals surface area contributed by atoms with Crippen LogP contribution in [0.2, 0.25) is 5.02 Å². The second kappa shape index (κ2) is 5.32. The number of halogens is 2. The van der Waals surface area contributed by atoms with Gasteiger partial charge in [0.1, 0.15) is 11.9 Å². The summed E-state index contributed by atoms with van der Waals surface area (Å²) >= 11 is 6.13. The molecule has 1 unspecified atom stereocenters. The van der Waals surface area contributed by atoms with E-state index in [0.29, 0.717) is 10.6 Å². The zero-order valence-electron chi connectivity index (χ0n) is 11.2. The van der Waals surface area contributed by atoms with E-state index in [9.17, 15) is 9.50 Å². The van der Waals surface area contributed by atoms with E-state index in [4.69, 9.17) is 11.6 Å². The van der Waals surface area contributed by atoms with Crippen molar-refractivity contribution < 1.29 is 9.50 Å². The second-order valence-corrected chi connectivity index (χ2v) is 5.31. The first-order valence-corrected chi connectivity index (χ1v) is 6.48. The van der Waals surface area contributed by atoms with Gasteiger partial charge in [-0.3, -0.25) is 0 Å². The fourth-order valence-electron chi connectivity index (χ4n) is 2.28. The summed E-state index contributed by atoms with van der Waals surface area (Å²) < 4.78 is 14.1.